The predicted molar refractivity (Wildman–Crippen MR) is 107 cm³/mol. The molecule has 2 aromatic carbocycles. The first-order chi connectivity index (χ1) is 13.0. The second kappa shape index (κ2) is 9.02. The van der Waals surface area contributed by atoms with Gasteiger partial charge in [-0.3, -0.25) is 9.00 Å². The zero-order valence-electron chi connectivity index (χ0n) is 14.9. The van der Waals surface area contributed by atoms with E-state index in [9.17, 15) is 9.00 Å². The molecule has 140 valence electrons. The van der Waals surface area contributed by atoms with Crippen LogP contribution in [0.3, 0.4) is 0 Å². The molecule has 0 aliphatic heterocycles. The van der Waals surface area contributed by atoms with Crippen molar-refractivity contribution >= 4 is 28.3 Å². The lowest BCUT2D eigenvalue weighted by atomic mass is 10.1. The molecule has 3 rings (SSSR count). The van der Waals surface area contributed by atoms with E-state index < -0.39 is 10.8 Å². The van der Waals surface area contributed by atoms with Crippen molar-refractivity contribution < 1.29 is 13.4 Å². The van der Waals surface area contributed by atoms with Gasteiger partial charge in [0.1, 0.15) is 5.76 Å². The van der Waals surface area contributed by atoms with Crippen LogP contribution in [0.5, 0.6) is 0 Å². The maximum Gasteiger partial charge on any atom is 0.287 e. The highest BCUT2D eigenvalue weighted by Crippen LogP contribution is 2.18. The Bertz CT molecular complexity index is 950. The molecule has 0 aliphatic rings. The van der Waals surface area contributed by atoms with E-state index in [1.807, 2.05) is 6.92 Å². The fraction of sp³-hybridized carbons (Fsp3) is 0.190. The number of hydrogen-bond acceptors (Lipinski definition) is 3. The van der Waals surface area contributed by atoms with Gasteiger partial charge >= 0.3 is 0 Å². The molecule has 3 aromatic rings. The first-order valence-electron chi connectivity index (χ1n) is 8.57. The van der Waals surface area contributed by atoms with E-state index in [1.54, 1.807) is 36.4 Å². The Balaban J connectivity index is 1.52. The van der Waals surface area contributed by atoms with Gasteiger partial charge in [-0.1, -0.05) is 47.5 Å². The Labute approximate surface area is 166 Å². The third-order valence-electron chi connectivity index (χ3n) is 4.04. The van der Waals surface area contributed by atoms with Crippen molar-refractivity contribution in [1.82, 2.24) is 5.32 Å². The normalized spacial score (nSPS) is 11.9. The summed E-state index contributed by atoms with van der Waals surface area (Å²) in [4.78, 5) is 12.8. The van der Waals surface area contributed by atoms with Crippen LogP contribution >= 0.6 is 11.6 Å². The van der Waals surface area contributed by atoms with Crippen LogP contribution in [-0.2, 0) is 23.0 Å². The number of amides is 1. The molecule has 0 saturated heterocycles. The number of benzene rings is 2. The van der Waals surface area contributed by atoms with Crippen LogP contribution in [0, 0.1) is 6.92 Å². The number of furan rings is 1. The van der Waals surface area contributed by atoms with Gasteiger partial charge in [0.05, 0.1) is 16.6 Å². The van der Waals surface area contributed by atoms with E-state index >= 15 is 0 Å². The van der Waals surface area contributed by atoms with Gasteiger partial charge in [0.2, 0.25) is 0 Å². The SMILES string of the molecule is Cc1ccc(CCNC(=O)c2ccc(C[S@](=O)c3cccc(Cl)c3)o2)cc1. The molecule has 1 heterocycles. The molecule has 0 radical (unpaired) electrons. The second-order valence-corrected chi connectivity index (χ2v) is 8.09. The van der Waals surface area contributed by atoms with E-state index in [1.165, 1.54) is 5.56 Å². The van der Waals surface area contributed by atoms with Gasteiger partial charge in [-0.2, -0.15) is 0 Å². The lowest BCUT2D eigenvalue weighted by Crippen LogP contribution is -2.25. The second-order valence-electron chi connectivity index (χ2n) is 6.20. The van der Waals surface area contributed by atoms with Gasteiger partial charge in [-0.15, -0.1) is 0 Å². The van der Waals surface area contributed by atoms with Gasteiger partial charge in [-0.25, -0.2) is 0 Å². The summed E-state index contributed by atoms with van der Waals surface area (Å²) in [6.45, 7) is 2.56. The minimum absolute atomic E-state index is 0.191. The molecule has 27 heavy (non-hydrogen) atoms. The molecule has 0 saturated carbocycles. The fourth-order valence-electron chi connectivity index (χ4n) is 2.56. The fourth-order valence-corrected chi connectivity index (χ4v) is 3.88. The molecule has 0 fully saturated rings. The predicted octanol–water partition coefficient (Wildman–Crippen LogP) is 4.52. The third kappa shape index (κ3) is 5.55. The van der Waals surface area contributed by atoms with Gasteiger partial charge in [0.25, 0.3) is 5.91 Å². The van der Waals surface area contributed by atoms with Crippen LogP contribution in [0.4, 0.5) is 0 Å². The highest BCUT2D eigenvalue weighted by molar-refractivity contribution is 7.84. The Morgan fingerprint density at radius 2 is 1.89 bits per heavy atom. The smallest absolute Gasteiger partial charge is 0.287 e. The van der Waals surface area contributed by atoms with Crippen LogP contribution < -0.4 is 5.32 Å². The molecule has 0 unspecified atom stereocenters. The van der Waals surface area contributed by atoms with E-state index in [2.05, 4.69) is 29.6 Å². The average Bonchev–Trinajstić information content (AvgIpc) is 3.12. The van der Waals surface area contributed by atoms with Crippen LogP contribution in [0.15, 0.2) is 70.0 Å². The van der Waals surface area contributed by atoms with Gasteiger partial charge in [-0.05, 0) is 49.2 Å². The maximum atomic E-state index is 12.4. The third-order valence-corrected chi connectivity index (χ3v) is 5.60. The number of aryl methyl sites for hydroxylation is 1. The molecule has 1 atom stereocenters. The van der Waals surface area contributed by atoms with Gasteiger partial charge < -0.3 is 9.73 Å². The summed E-state index contributed by atoms with van der Waals surface area (Å²) in [5.41, 5.74) is 2.37. The summed E-state index contributed by atoms with van der Waals surface area (Å²) in [5, 5.41) is 3.38. The minimum Gasteiger partial charge on any atom is -0.455 e. The zero-order chi connectivity index (χ0) is 19.2. The molecule has 1 aromatic heterocycles. The molecule has 1 N–H and O–H groups in total. The molecule has 0 aliphatic carbocycles. The van der Waals surface area contributed by atoms with Crippen LogP contribution in [0.25, 0.3) is 0 Å². The molecule has 1 amide bonds. The van der Waals surface area contributed by atoms with Crippen molar-refractivity contribution in [3.8, 4) is 0 Å². The van der Waals surface area contributed by atoms with Crippen LogP contribution in [0.2, 0.25) is 5.02 Å². The number of rotatable bonds is 7. The highest BCUT2D eigenvalue weighted by Gasteiger charge is 2.13. The standard InChI is InChI=1S/C21H20ClNO3S/c1-15-5-7-16(8-6-15)11-12-23-21(24)20-10-9-18(26-20)14-27(25)19-4-2-3-17(22)13-19/h2-10,13H,11-12,14H2,1H3,(H,23,24)/t27-/m0/s1. The number of hydrogen-bond donors (Lipinski definition) is 1. The molecular formula is C21H20ClNO3S. The lowest BCUT2D eigenvalue weighted by molar-refractivity contribution is 0.0925. The topological polar surface area (TPSA) is 59.3 Å². The summed E-state index contributed by atoms with van der Waals surface area (Å²) < 4.78 is 17.9. The van der Waals surface area contributed by atoms with Crippen LogP contribution in [0.1, 0.15) is 27.4 Å². The highest BCUT2D eigenvalue weighted by atomic mass is 35.5. The molecule has 0 bridgehead atoms. The maximum absolute atomic E-state index is 12.4. The summed E-state index contributed by atoms with van der Waals surface area (Å²) in [7, 11) is -1.29. The Morgan fingerprint density at radius 3 is 2.63 bits per heavy atom. The van der Waals surface area contributed by atoms with Crippen molar-refractivity contribution in [2.45, 2.75) is 24.0 Å². The first-order valence-corrected chi connectivity index (χ1v) is 10.3. The van der Waals surface area contributed by atoms with Crippen molar-refractivity contribution in [2.75, 3.05) is 6.54 Å². The van der Waals surface area contributed by atoms with Crippen molar-refractivity contribution in [1.29, 1.82) is 0 Å². The van der Waals surface area contributed by atoms with Gasteiger partial charge in [0.15, 0.2) is 5.76 Å². The Kier molecular flexibility index (Phi) is 6.48. The largest absolute Gasteiger partial charge is 0.455 e. The minimum atomic E-state index is -1.29. The number of nitrogens with one attached hydrogen (secondary N) is 1. The molecule has 0 spiro atoms. The Hall–Kier alpha value is -2.37. The monoisotopic (exact) mass is 401 g/mol. The molecule has 6 heteroatoms. The van der Waals surface area contributed by atoms with E-state index in [0.717, 1.165) is 12.0 Å². The van der Waals surface area contributed by atoms with Crippen molar-refractivity contribution in [3.63, 3.8) is 0 Å². The first kappa shape index (κ1) is 19.4. The van der Waals surface area contributed by atoms with Crippen molar-refractivity contribution in [3.05, 3.63) is 88.3 Å². The quantitative estimate of drug-likeness (QED) is 0.633. The van der Waals surface area contributed by atoms with E-state index in [4.69, 9.17) is 16.0 Å². The molecular weight excluding hydrogens is 382 g/mol. The number of carbonyl (C=O) groups is 1. The lowest BCUT2D eigenvalue weighted by Gasteiger charge is -2.04. The van der Waals surface area contributed by atoms with E-state index in [0.29, 0.717) is 22.2 Å². The van der Waals surface area contributed by atoms with Gasteiger partial charge in [0, 0.05) is 16.5 Å². The molecule has 4 nitrogen and oxygen atoms in total. The number of halogens is 1. The summed E-state index contributed by atoms with van der Waals surface area (Å²) in [5.74, 6) is 0.632. The summed E-state index contributed by atoms with van der Waals surface area (Å²) >= 11 is 5.93. The summed E-state index contributed by atoms with van der Waals surface area (Å²) in [6, 6.07) is 18.4. The zero-order valence-corrected chi connectivity index (χ0v) is 16.5. The van der Waals surface area contributed by atoms with E-state index in [-0.39, 0.29) is 17.4 Å². The van der Waals surface area contributed by atoms with Crippen molar-refractivity contribution in [2.24, 2.45) is 0 Å². The van der Waals surface area contributed by atoms with Crippen LogP contribution in [-0.4, -0.2) is 16.7 Å². The average molecular weight is 402 g/mol. The Morgan fingerprint density at radius 1 is 1.11 bits per heavy atom. The summed E-state index contributed by atoms with van der Waals surface area (Å²) in [6.07, 6.45) is 0.748. The number of carbonyl (C=O) groups excluding carboxylic acids is 1.